The lowest BCUT2D eigenvalue weighted by molar-refractivity contribution is -0.189. The summed E-state index contributed by atoms with van der Waals surface area (Å²) in [5.41, 5.74) is 4.03. The van der Waals surface area contributed by atoms with E-state index in [0.717, 1.165) is 40.7 Å². The molecule has 56 heavy (non-hydrogen) atoms. The number of piperazine rings is 2. The van der Waals surface area contributed by atoms with Gasteiger partial charge in [-0.3, -0.25) is 19.3 Å². The average molecular weight is 761 g/mol. The molecular weight excluding hydrogens is 709 g/mol. The number of aryl methyl sites for hydroxylation is 1. The molecule has 5 amide bonds. The summed E-state index contributed by atoms with van der Waals surface area (Å²) in [5.74, 6) is -0.431. The lowest BCUT2D eigenvalue weighted by Gasteiger charge is -2.55. The third-order valence-corrected chi connectivity index (χ3v) is 11.2. The van der Waals surface area contributed by atoms with Crippen LogP contribution in [0.3, 0.4) is 0 Å². The van der Waals surface area contributed by atoms with Crippen LogP contribution in [0.1, 0.15) is 47.8 Å². The zero-order chi connectivity index (χ0) is 39.7. The topological polar surface area (TPSA) is 125 Å². The van der Waals surface area contributed by atoms with E-state index in [-0.39, 0.29) is 68.2 Å². The number of rotatable bonds is 9. The number of hydrazine groups is 1. The van der Waals surface area contributed by atoms with Crippen LogP contribution in [0, 0.1) is 0 Å². The number of amides is 5. The molecule has 3 fully saturated rings. The van der Waals surface area contributed by atoms with Gasteiger partial charge in [-0.2, -0.15) is 0 Å². The van der Waals surface area contributed by atoms with E-state index in [4.69, 9.17) is 0 Å². The van der Waals surface area contributed by atoms with Crippen molar-refractivity contribution in [2.24, 2.45) is 7.05 Å². The van der Waals surface area contributed by atoms with Crippen LogP contribution >= 0.6 is 0 Å². The van der Waals surface area contributed by atoms with Crippen molar-refractivity contribution in [3.05, 3.63) is 114 Å². The number of hydrogen-bond donors (Lipinski definition) is 2. The molecule has 0 saturated carbocycles. The molecule has 3 saturated heterocycles. The fourth-order valence-electron chi connectivity index (χ4n) is 8.36. The number of para-hydroxylation sites is 1. The van der Waals surface area contributed by atoms with E-state index in [1.165, 1.54) is 0 Å². The lowest BCUT2D eigenvalue weighted by Crippen LogP contribution is -2.76. The molecule has 3 aliphatic heterocycles. The standard InChI is InChI=1S/C43H52N8O5/c1-6-19-49-29-38(53)50-36(24-30-15-17-33(52)18-16-30)41(55)47(28-37(50)51(49)42(56)44-25-31-11-8-7-9-12-31)26-32-13-10-14-34-35(27-45(5)39(32)34)40(54)46-20-22-48(23-21-46)43(2,3)4/h6-18,27,36-37,52H,1,19-26,28-29H2,2-5H3,(H,44,56)/t36-,37-/m0/s1. The Labute approximate surface area is 328 Å². The SMILES string of the molecule is C=CCN1CC(=O)N2[C@@H](Cc3ccc(O)cc3)C(=O)N(Cc3cccc4c(C(=O)N5CCN(C(C)(C)C)CC5)cn(C)c34)C[C@@H]2N1C(=O)NCc1ccccc1. The first-order chi connectivity index (χ1) is 26.8. The van der Waals surface area contributed by atoms with Crippen molar-refractivity contribution in [1.29, 1.82) is 0 Å². The van der Waals surface area contributed by atoms with Gasteiger partial charge >= 0.3 is 6.03 Å². The van der Waals surface area contributed by atoms with Crippen LogP contribution in [0.25, 0.3) is 10.9 Å². The summed E-state index contributed by atoms with van der Waals surface area (Å²) in [4.78, 5) is 64.5. The lowest BCUT2D eigenvalue weighted by atomic mass is 9.98. The molecule has 13 nitrogen and oxygen atoms in total. The van der Waals surface area contributed by atoms with Crippen molar-refractivity contribution < 1.29 is 24.3 Å². The number of nitrogens with one attached hydrogen (secondary N) is 1. The minimum absolute atomic E-state index is 0.0138. The third kappa shape index (κ3) is 7.74. The highest BCUT2D eigenvalue weighted by molar-refractivity contribution is 6.07. The highest BCUT2D eigenvalue weighted by atomic mass is 16.3. The summed E-state index contributed by atoms with van der Waals surface area (Å²) >= 11 is 0. The van der Waals surface area contributed by atoms with E-state index >= 15 is 0 Å². The number of aromatic hydroxyl groups is 1. The molecule has 4 heterocycles. The molecule has 3 aromatic carbocycles. The van der Waals surface area contributed by atoms with Gasteiger partial charge in [0.15, 0.2) is 0 Å². The zero-order valence-electron chi connectivity index (χ0n) is 32.7. The van der Waals surface area contributed by atoms with Crippen LogP contribution in [0.5, 0.6) is 5.75 Å². The fraction of sp³-hybridized carbons (Fsp3) is 0.395. The van der Waals surface area contributed by atoms with Crippen LogP contribution in [-0.4, -0.2) is 127 Å². The fourth-order valence-corrected chi connectivity index (χ4v) is 8.36. The number of aromatic nitrogens is 1. The van der Waals surface area contributed by atoms with Gasteiger partial charge in [-0.25, -0.2) is 14.8 Å². The quantitative estimate of drug-likeness (QED) is 0.246. The maximum atomic E-state index is 14.7. The Morgan fingerprint density at radius 2 is 1.64 bits per heavy atom. The summed E-state index contributed by atoms with van der Waals surface area (Å²) in [6, 6.07) is 20.7. The Hall–Kier alpha value is -5.66. The summed E-state index contributed by atoms with van der Waals surface area (Å²) in [6.45, 7) is 14.0. The van der Waals surface area contributed by atoms with Crippen molar-refractivity contribution in [3.8, 4) is 5.75 Å². The minimum atomic E-state index is -0.919. The highest BCUT2D eigenvalue weighted by Gasteiger charge is 2.51. The number of hydrogen-bond acceptors (Lipinski definition) is 7. The van der Waals surface area contributed by atoms with E-state index in [9.17, 15) is 24.3 Å². The predicted molar refractivity (Wildman–Crippen MR) is 214 cm³/mol. The molecule has 2 atom stereocenters. The maximum absolute atomic E-state index is 14.7. The van der Waals surface area contributed by atoms with E-state index in [1.54, 1.807) is 50.2 Å². The number of phenols is 1. The van der Waals surface area contributed by atoms with Crippen LogP contribution < -0.4 is 5.32 Å². The van der Waals surface area contributed by atoms with E-state index in [1.807, 2.05) is 71.2 Å². The van der Waals surface area contributed by atoms with Crippen LogP contribution in [0.15, 0.2) is 91.6 Å². The van der Waals surface area contributed by atoms with Crippen molar-refractivity contribution in [1.82, 2.24) is 39.5 Å². The largest absolute Gasteiger partial charge is 0.508 e. The summed E-state index contributed by atoms with van der Waals surface area (Å²) in [6.07, 6.45) is 2.91. The summed E-state index contributed by atoms with van der Waals surface area (Å²) < 4.78 is 1.96. The van der Waals surface area contributed by atoms with Crippen molar-refractivity contribution >= 4 is 34.7 Å². The van der Waals surface area contributed by atoms with Gasteiger partial charge in [0.25, 0.3) is 5.91 Å². The Bertz CT molecular complexity index is 2100. The Morgan fingerprint density at radius 3 is 2.32 bits per heavy atom. The number of fused-ring (bicyclic) bond motifs is 2. The van der Waals surface area contributed by atoms with Crippen molar-refractivity contribution in [2.75, 3.05) is 45.8 Å². The second-order valence-corrected chi connectivity index (χ2v) is 15.9. The van der Waals surface area contributed by atoms with Gasteiger partial charge in [-0.05, 0) is 49.6 Å². The van der Waals surface area contributed by atoms with Crippen molar-refractivity contribution in [3.63, 3.8) is 0 Å². The average Bonchev–Trinajstić information content (AvgIpc) is 3.53. The van der Waals surface area contributed by atoms with E-state index in [0.29, 0.717) is 18.7 Å². The first kappa shape index (κ1) is 38.6. The van der Waals surface area contributed by atoms with Gasteiger partial charge in [0.05, 0.1) is 24.2 Å². The molecule has 1 aromatic heterocycles. The molecule has 0 radical (unpaired) electrons. The molecule has 2 N–H and O–H groups in total. The molecule has 0 bridgehead atoms. The molecule has 0 aliphatic carbocycles. The minimum Gasteiger partial charge on any atom is -0.508 e. The number of phenolic OH excluding ortho intramolecular Hbond substituents is 1. The van der Waals surface area contributed by atoms with Gasteiger partial charge in [-0.1, -0.05) is 66.7 Å². The second-order valence-electron chi connectivity index (χ2n) is 15.9. The monoisotopic (exact) mass is 760 g/mol. The molecule has 0 unspecified atom stereocenters. The Kier molecular flexibility index (Phi) is 10.9. The summed E-state index contributed by atoms with van der Waals surface area (Å²) in [7, 11) is 1.92. The number of nitrogens with zero attached hydrogens (tertiary/aromatic N) is 7. The molecular formula is C43H52N8O5. The third-order valence-electron chi connectivity index (χ3n) is 11.2. The number of carbonyl (C=O) groups is 4. The molecule has 3 aliphatic rings. The number of carbonyl (C=O) groups excluding carboxylic acids is 4. The van der Waals surface area contributed by atoms with Crippen LogP contribution in [0.4, 0.5) is 4.79 Å². The molecule has 7 rings (SSSR count). The van der Waals surface area contributed by atoms with E-state index in [2.05, 4.69) is 37.6 Å². The summed E-state index contributed by atoms with van der Waals surface area (Å²) in [5, 5.41) is 17.1. The van der Waals surface area contributed by atoms with Crippen LogP contribution in [0.2, 0.25) is 0 Å². The second kappa shape index (κ2) is 15.8. The number of benzene rings is 3. The molecule has 0 spiro atoms. The van der Waals surface area contributed by atoms with Crippen molar-refractivity contribution in [2.45, 2.75) is 58.0 Å². The van der Waals surface area contributed by atoms with Gasteiger partial charge in [0.1, 0.15) is 18.0 Å². The predicted octanol–water partition coefficient (Wildman–Crippen LogP) is 4.18. The highest BCUT2D eigenvalue weighted by Crippen LogP contribution is 2.32. The van der Waals surface area contributed by atoms with Crippen LogP contribution in [-0.2, 0) is 36.1 Å². The molecule has 4 aromatic rings. The van der Waals surface area contributed by atoms with Gasteiger partial charge in [0, 0.05) is 76.4 Å². The zero-order valence-corrected chi connectivity index (χ0v) is 32.7. The number of urea groups is 1. The molecule has 13 heteroatoms. The normalized spacial score (nSPS) is 19.7. The Balaban J connectivity index is 1.21. The van der Waals surface area contributed by atoms with Gasteiger partial charge in [0.2, 0.25) is 11.8 Å². The first-order valence-corrected chi connectivity index (χ1v) is 19.3. The van der Waals surface area contributed by atoms with E-state index < -0.39 is 18.2 Å². The smallest absolute Gasteiger partial charge is 0.334 e. The van der Waals surface area contributed by atoms with Gasteiger partial charge < -0.3 is 29.7 Å². The Morgan fingerprint density at radius 1 is 0.929 bits per heavy atom. The maximum Gasteiger partial charge on any atom is 0.334 e. The molecule has 294 valence electrons. The van der Waals surface area contributed by atoms with Gasteiger partial charge in [-0.15, -0.1) is 6.58 Å². The first-order valence-electron chi connectivity index (χ1n) is 19.3.